The van der Waals surface area contributed by atoms with Crippen LogP contribution in [0.4, 0.5) is 5.69 Å². The lowest BCUT2D eigenvalue weighted by Gasteiger charge is -2.19. The fraction of sp³-hybridized carbons (Fsp3) is 0.300. The van der Waals surface area contributed by atoms with Crippen molar-refractivity contribution >= 4 is 17.5 Å². The van der Waals surface area contributed by atoms with Gasteiger partial charge in [-0.3, -0.25) is 9.59 Å². The summed E-state index contributed by atoms with van der Waals surface area (Å²) >= 11 is 0. The predicted molar refractivity (Wildman–Crippen MR) is 98.6 cm³/mol. The molecule has 0 aromatic heterocycles. The summed E-state index contributed by atoms with van der Waals surface area (Å²) in [4.78, 5) is 23.9. The number of carbonyl (C=O) groups is 2. The van der Waals surface area contributed by atoms with E-state index < -0.39 is 11.8 Å². The molecule has 25 heavy (non-hydrogen) atoms. The van der Waals surface area contributed by atoms with E-state index in [1.54, 1.807) is 31.4 Å². The molecule has 2 aromatic carbocycles. The highest BCUT2D eigenvalue weighted by molar-refractivity contribution is 6.39. The van der Waals surface area contributed by atoms with Crippen LogP contribution in [0.3, 0.4) is 0 Å². The standard InChI is InChI=1S/C20H24N2O3/c1-20(2,3)15-7-9-16(10-8-15)22-19(24)18(23)21-13-14-5-11-17(25-4)12-6-14/h5-12H,13H2,1-4H3,(H,21,23)(H,22,24). The van der Waals surface area contributed by atoms with Gasteiger partial charge in [0.15, 0.2) is 0 Å². The zero-order valence-corrected chi connectivity index (χ0v) is 15.1. The highest BCUT2D eigenvalue weighted by atomic mass is 16.5. The van der Waals surface area contributed by atoms with E-state index in [-0.39, 0.29) is 12.0 Å². The van der Waals surface area contributed by atoms with Crippen LogP contribution >= 0.6 is 0 Å². The second kappa shape index (κ2) is 7.83. The molecule has 0 unspecified atom stereocenters. The molecule has 2 amide bonds. The maximum atomic E-state index is 12.0. The SMILES string of the molecule is COc1ccc(CNC(=O)C(=O)Nc2ccc(C(C)(C)C)cc2)cc1. The lowest BCUT2D eigenvalue weighted by Crippen LogP contribution is -2.34. The zero-order valence-electron chi connectivity index (χ0n) is 15.1. The predicted octanol–water partition coefficient (Wildman–Crippen LogP) is 3.25. The van der Waals surface area contributed by atoms with E-state index in [0.29, 0.717) is 5.69 Å². The van der Waals surface area contributed by atoms with Gasteiger partial charge in [0, 0.05) is 12.2 Å². The molecule has 0 atom stereocenters. The summed E-state index contributed by atoms with van der Waals surface area (Å²) in [5.41, 5.74) is 2.68. The normalized spacial score (nSPS) is 10.9. The molecule has 0 fully saturated rings. The second-order valence-electron chi connectivity index (χ2n) is 6.81. The monoisotopic (exact) mass is 340 g/mol. The van der Waals surface area contributed by atoms with Gasteiger partial charge >= 0.3 is 11.8 Å². The van der Waals surface area contributed by atoms with Gasteiger partial charge in [-0.05, 0) is 40.8 Å². The van der Waals surface area contributed by atoms with Gasteiger partial charge in [-0.1, -0.05) is 45.0 Å². The number of hydrogen-bond donors (Lipinski definition) is 2. The number of amides is 2. The van der Waals surface area contributed by atoms with E-state index in [9.17, 15) is 9.59 Å². The van der Waals surface area contributed by atoms with Crippen LogP contribution in [0.5, 0.6) is 5.75 Å². The number of benzene rings is 2. The van der Waals surface area contributed by atoms with Crippen LogP contribution in [0.2, 0.25) is 0 Å². The first kappa shape index (κ1) is 18.5. The fourth-order valence-electron chi connectivity index (χ4n) is 2.25. The maximum Gasteiger partial charge on any atom is 0.313 e. The molecule has 0 heterocycles. The largest absolute Gasteiger partial charge is 0.497 e. The van der Waals surface area contributed by atoms with Crippen molar-refractivity contribution in [3.05, 3.63) is 59.7 Å². The van der Waals surface area contributed by atoms with E-state index in [1.165, 1.54) is 0 Å². The summed E-state index contributed by atoms with van der Waals surface area (Å²) in [7, 11) is 1.59. The van der Waals surface area contributed by atoms with Crippen molar-refractivity contribution < 1.29 is 14.3 Å². The Labute approximate surface area is 148 Å². The number of methoxy groups -OCH3 is 1. The van der Waals surface area contributed by atoms with Gasteiger partial charge in [0.2, 0.25) is 0 Å². The van der Waals surface area contributed by atoms with E-state index in [4.69, 9.17) is 4.74 Å². The Bertz CT molecular complexity index is 729. The van der Waals surface area contributed by atoms with Crippen LogP contribution in [-0.2, 0) is 21.5 Å². The Morgan fingerprint density at radius 1 is 0.920 bits per heavy atom. The summed E-state index contributed by atoms with van der Waals surface area (Å²) in [5, 5.41) is 5.20. The average Bonchev–Trinajstić information content (AvgIpc) is 2.59. The minimum absolute atomic E-state index is 0.0400. The molecule has 5 heteroatoms. The van der Waals surface area contributed by atoms with Crippen molar-refractivity contribution in [1.82, 2.24) is 5.32 Å². The number of carbonyl (C=O) groups excluding carboxylic acids is 2. The Hall–Kier alpha value is -2.82. The van der Waals surface area contributed by atoms with Gasteiger partial charge in [-0.15, -0.1) is 0 Å². The van der Waals surface area contributed by atoms with Gasteiger partial charge in [-0.2, -0.15) is 0 Å². The van der Waals surface area contributed by atoms with Crippen molar-refractivity contribution in [2.75, 3.05) is 12.4 Å². The van der Waals surface area contributed by atoms with Crippen LogP contribution in [0.25, 0.3) is 0 Å². The zero-order chi connectivity index (χ0) is 18.4. The van der Waals surface area contributed by atoms with Crippen molar-refractivity contribution in [3.8, 4) is 5.75 Å². The molecule has 0 aliphatic rings. The summed E-state index contributed by atoms with van der Waals surface area (Å²) in [5.74, 6) is -0.612. The Kier molecular flexibility index (Phi) is 5.80. The van der Waals surface area contributed by atoms with Crippen LogP contribution in [0.1, 0.15) is 31.9 Å². The molecule has 0 spiro atoms. The van der Waals surface area contributed by atoms with Gasteiger partial charge in [0.05, 0.1) is 7.11 Å². The van der Waals surface area contributed by atoms with Crippen molar-refractivity contribution in [2.24, 2.45) is 0 Å². The number of nitrogens with one attached hydrogen (secondary N) is 2. The van der Waals surface area contributed by atoms with Gasteiger partial charge in [0.1, 0.15) is 5.75 Å². The van der Waals surface area contributed by atoms with Gasteiger partial charge in [0.25, 0.3) is 0 Å². The molecule has 0 aliphatic carbocycles. The highest BCUT2D eigenvalue weighted by Crippen LogP contribution is 2.23. The molecule has 132 valence electrons. The van der Waals surface area contributed by atoms with Crippen molar-refractivity contribution in [2.45, 2.75) is 32.7 Å². The molecule has 0 saturated carbocycles. The van der Waals surface area contributed by atoms with Crippen LogP contribution in [0, 0.1) is 0 Å². The molecule has 2 N–H and O–H groups in total. The third kappa shape index (κ3) is 5.35. The summed E-state index contributed by atoms with van der Waals surface area (Å²) in [6, 6.07) is 14.8. The highest BCUT2D eigenvalue weighted by Gasteiger charge is 2.15. The van der Waals surface area contributed by atoms with Crippen LogP contribution in [0.15, 0.2) is 48.5 Å². The Morgan fingerprint density at radius 2 is 1.52 bits per heavy atom. The van der Waals surface area contributed by atoms with E-state index >= 15 is 0 Å². The van der Waals surface area contributed by atoms with Crippen LogP contribution < -0.4 is 15.4 Å². The number of ether oxygens (including phenoxy) is 1. The van der Waals surface area contributed by atoms with E-state index in [1.807, 2.05) is 24.3 Å². The molecule has 5 nitrogen and oxygen atoms in total. The summed E-state index contributed by atoms with van der Waals surface area (Å²) in [6.07, 6.45) is 0. The lowest BCUT2D eigenvalue weighted by molar-refractivity contribution is -0.136. The van der Waals surface area contributed by atoms with Gasteiger partial charge < -0.3 is 15.4 Å². The number of anilines is 1. The third-order valence-corrected chi connectivity index (χ3v) is 3.83. The Balaban J connectivity index is 1.88. The molecular weight excluding hydrogens is 316 g/mol. The molecule has 0 bridgehead atoms. The quantitative estimate of drug-likeness (QED) is 0.840. The first-order valence-electron chi connectivity index (χ1n) is 8.12. The average molecular weight is 340 g/mol. The first-order valence-corrected chi connectivity index (χ1v) is 8.12. The van der Waals surface area contributed by atoms with Gasteiger partial charge in [-0.25, -0.2) is 0 Å². The molecule has 0 aliphatic heterocycles. The maximum absolute atomic E-state index is 12.0. The van der Waals surface area contributed by atoms with E-state index in [2.05, 4.69) is 31.4 Å². The smallest absolute Gasteiger partial charge is 0.313 e. The third-order valence-electron chi connectivity index (χ3n) is 3.83. The minimum Gasteiger partial charge on any atom is -0.497 e. The minimum atomic E-state index is -0.683. The Morgan fingerprint density at radius 3 is 2.04 bits per heavy atom. The number of hydrogen-bond acceptors (Lipinski definition) is 3. The molecule has 0 saturated heterocycles. The molecule has 2 aromatic rings. The first-order chi connectivity index (χ1) is 11.8. The topological polar surface area (TPSA) is 67.4 Å². The summed E-state index contributed by atoms with van der Waals surface area (Å²) < 4.78 is 5.08. The molecule has 0 radical (unpaired) electrons. The van der Waals surface area contributed by atoms with E-state index in [0.717, 1.165) is 16.9 Å². The van der Waals surface area contributed by atoms with Crippen molar-refractivity contribution in [1.29, 1.82) is 0 Å². The van der Waals surface area contributed by atoms with Crippen LogP contribution in [-0.4, -0.2) is 18.9 Å². The fourth-order valence-corrected chi connectivity index (χ4v) is 2.25. The number of rotatable bonds is 4. The molecular formula is C20H24N2O3. The summed E-state index contributed by atoms with van der Waals surface area (Å²) in [6.45, 7) is 6.63. The second-order valence-corrected chi connectivity index (χ2v) is 6.81. The lowest BCUT2D eigenvalue weighted by atomic mass is 9.87. The molecule has 2 rings (SSSR count). The van der Waals surface area contributed by atoms with Crippen molar-refractivity contribution in [3.63, 3.8) is 0 Å².